The van der Waals surface area contributed by atoms with Gasteiger partial charge >= 0.3 is 0 Å². The summed E-state index contributed by atoms with van der Waals surface area (Å²) in [5, 5.41) is 6.36. The fourth-order valence-electron chi connectivity index (χ4n) is 3.54. The first-order valence-electron chi connectivity index (χ1n) is 9.10. The average molecular weight is 332 g/mol. The van der Waals surface area contributed by atoms with E-state index in [4.69, 9.17) is 9.47 Å². The second kappa shape index (κ2) is 8.38. The monoisotopic (exact) mass is 332 g/mol. The Hall–Kier alpha value is -1.75. The third-order valence-electron chi connectivity index (χ3n) is 5.02. The zero-order valence-corrected chi connectivity index (χ0v) is 14.5. The Morgan fingerprint density at radius 1 is 1.25 bits per heavy atom. The zero-order chi connectivity index (χ0) is 16.8. The molecule has 1 heterocycles. The molecule has 1 saturated heterocycles. The van der Waals surface area contributed by atoms with Crippen LogP contribution in [-0.4, -0.2) is 38.8 Å². The van der Waals surface area contributed by atoms with Crippen LogP contribution in [0, 0.1) is 5.92 Å². The largest absolute Gasteiger partial charge is 0.493 e. The summed E-state index contributed by atoms with van der Waals surface area (Å²) in [7, 11) is 1.62. The maximum atomic E-state index is 12.3. The second-order valence-electron chi connectivity index (χ2n) is 6.79. The van der Waals surface area contributed by atoms with Crippen molar-refractivity contribution in [3.63, 3.8) is 0 Å². The van der Waals surface area contributed by atoms with Crippen LogP contribution in [-0.2, 0) is 0 Å². The van der Waals surface area contributed by atoms with Gasteiger partial charge in [-0.05, 0) is 75.7 Å². The van der Waals surface area contributed by atoms with Crippen LogP contribution in [0.5, 0.6) is 11.5 Å². The lowest BCUT2D eigenvalue weighted by atomic mass is 10.1. The minimum Gasteiger partial charge on any atom is -0.493 e. The van der Waals surface area contributed by atoms with Gasteiger partial charge in [0.15, 0.2) is 11.5 Å². The van der Waals surface area contributed by atoms with Crippen LogP contribution in [0.25, 0.3) is 0 Å². The second-order valence-corrected chi connectivity index (χ2v) is 6.79. The van der Waals surface area contributed by atoms with Crippen LogP contribution in [0.15, 0.2) is 18.2 Å². The molecule has 1 unspecified atom stereocenters. The topological polar surface area (TPSA) is 59.6 Å². The van der Waals surface area contributed by atoms with Crippen LogP contribution in [0.3, 0.4) is 0 Å². The molecule has 1 saturated carbocycles. The normalized spacial score (nSPS) is 21.0. The lowest BCUT2D eigenvalue weighted by molar-refractivity contribution is 0.0951. The van der Waals surface area contributed by atoms with Crippen LogP contribution in [0.2, 0.25) is 0 Å². The SMILES string of the molecule is COc1cc(C(=O)NCCC2CCNC2)ccc1OC1CCCC1. The molecule has 5 nitrogen and oxygen atoms in total. The molecule has 2 N–H and O–H groups in total. The molecule has 1 aromatic carbocycles. The van der Waals surface area contributed by atoms with E-state index >= 15 is 0 Å². The summed E-state index contributed by atoms with van der Waals surface area (Å²) in [5.74, 6) is 2.00. The van der Waals surface area contributed by atoms with E-state index in [0.717, 1.165) is 38.1 Å². The highest BCUT2D eigenvalue weighted by molar-refractivity contribution is 5.94. The summed E-state index contributed by atoms with van der Waals surface area (Å²) in [6.07, 6.45) is 7.16. The van der Waals surface area contributed by atoms with Gasteiger partial charge in [-0.25, -0.2) is 0 Å². The molecule has 1 atom stereocenters. The summed E-state index contributed by atoms with van der Waals surface area (Å²) in [5.41, 5.74) is 0.621. The maximum absolute atomic E-state index is 12.3. The van der Waals surface area contributed by atoms with Gasteiger partial charge < -0.3 is 20.1 Å². The molecule has 2 aliphatic rings. The van der Waals surface area contributed by atoms with Gasteiger partial charge in [-0.2, -0.15) is 0 Å². The molecule has 0 bridgehead atoms. The fourth-order valence-corrected chi connectivity index (χ4v) is 3.54. The maximum Gasteiger partial charge on any atom is 0.251 e. The number of carbonyl (C=O) groups excluding carboxylic acids is 1. The van der Waals surface area contributed by atoms with Gasteiger partial charge in [-0.1, -0.05) is 0 Å². The van der Waals surface area contributed by atoms with Crippen molar-refractivity contribution in [3.05, 3.63) is 23.8 Å². The summed E-state index contributed by atoms with van der Waals surface area (Å²) in [4.78, 5) is 12.3. The molecule has 1 aromatic rings. The molecule has 2 fully saturated rings. The van der Waals surface area contributed by atoms with Crippen molar-refractivity contribution in [3.8, 4) is 11.5 Å². The number of rotatable bonds is 7. The number of methoxy groups -OCH3 is 1. The first-order chi connectivity index (χ1) is 11.8. The van der Waals surface area contributed by atoms with Crippen LogP contribution < -0.4 is 20.1 Å². The van der Waals surface area contributed by atoms with Crippen LogP contribution in [0.1, 0.15) is 48.9 Å². The Balaban J connectivity index is 1.55. The van der Waals surface area contributed by atoms with Crippen molar-refractivity contribution >= 4 is 5.91 Å². The van der Waals surface area contributed by atoms with Crippen LogP contribution >= 0.6 is 0 Å². The zero-order valence-electron chi connectivity index (χ0n) is 14.5. The molecule has 1 aliphatic carbocycles. The number of carbonyl (C=O) groups is 1. The van der Waals surface area contributed by atoms with Gasteiger partial charge in [0.05, 0.1) is 13.2 Å². The lowest BCUT2D eigenvalue weighted by Crippen LogP contribution is -2.26. The quantitative estimate of drug-likeness (QED) is 0.806. The molecule has 1 aliphatic heterocycles. The molecular formula is C19H28N2O3. The number of ether oxygens (including phenoxy) is 2. The van der Waals surface area contributed by atoms with E-state index in [1.807, 2.05) is 12.1 Å². The van der Waals surface area contributed by atoms with Gasteiger partial charge in [0.25, 0.3) is 5.91 Å². The first kappa shape index (κ1) is 17.1. The molecule has 1 amide bonds. The Kier molecular flexibility index (Phi) is 5.96. The van der Waals surface area contributed by atoms with E-state index in [2.05, 4.69) is 10.6 Å². The summed E-state index contributed by atoms with van der Waals surface area (Å²) in [6.45, 7) is 2.88. The van der Waals surface area contributed by atoms with Crippen molar-refractivity contribution in [1.29, 1.82) is 0 Å². The third-order valence-corrected chi connectivity index (χ3v) is 5.02. The summed E-state index contributed by atoms with van der Waals surface area (Å²) >= 11 is 0. The smallest absolute Gasteiger partial charge is 0.251 e. The number of hydrogen-bond acceptors (Lipinski definition) is 4. The lowest BCUT2D eigenvalue weighted by Gasteiger charge is -2.16. The minimum absolute atomic E-state index is 0.0494. The number of hydrogen-bond donors (Lipinski definition) is 2. The summed E-state index contributed by atoms with van der Waals surface area (Å²) in [6, 6.07) is 5.45. The highest BCUT2D eigenvalue weighted by atomic mass is 16.5. The molecule has 0 aromatic heterocycles. The molecular weight excluding hydrogens is 304 g/mol. The molecule has 132 valence electrons. The molecule has 5 heteroatoms. The molecule has 3 rings (SSSR count). The predicted octanol–water partition coefficient (Wildman–Crippen LogP) is 2.75. The molecule has 0 spiro atoms. The Morgan fingerprint density at radius 3 is 2.79 bits per heavy atom. The summed E-state index contributed by atoms with van der Waals surface area (Å²) < 4.78 is 11.4. The van der Waals surface area contributed by atoms with E-state index in [0.29, 0.717) is 23.8 Å². The van der Waals surface area contributed by atoms with E-state index in [-0.39, 0.29) is 12.0 Å². The van der Waals surface area contributed by atoms with E-state index in [1.54, 1.807) is 13.2 Å². The molecule has 24 heavy (non-hydrogen) atoms. The Labute approximate surface area is 144 Å². The Morgan fingerprint density at radius 2 is 2.08 bits per heavy atom. The van der Waals surface area contributed by atoms with Gasteiger partial charge in [-0.15, -0.1) is 0 Å². The number of amides is 1. The van der Waals surface area contributed by atoms with Gasteiger partial charge in [0, 0.05) is 12.1 Å². The van der Waals surface area contributed by atoms with Crippen molar-refractivity contribution in [2.24, 2.45) is 5.92 Å². The van der Waals surface area contributed by atoms with Crippen molar-refractivity contribution < 1.29 is 14.3 Å². The highest BCUT2D eigenvalue weighted by Crippen LogP contribution is 2.32. The first-order valence-corrected chi connectivity index (χ1v) is 9.10. The van der Waals surface area contributed by atoms with Crippen molar-refractivity contribution in [2.75, 3.05) is 26.7 Å². The van der Waals surface area contributed by atoms with E-state index in [9.17, 15) is 4.79 Å². The molecule has 0 radical (unpaired) electrons. The highest BCUT2D eigenvalue weighted by Gasteiger charge is 2.19. The average Bonchev–Trinajstić information content (AvgIpc) is 3.29. The van der Waals surface area contributed by atoms with Crippen molar-refractivity contribution in [1.82, 2.24) is 10.6 Å². The minimum atomic E-state index is -0.0494. The standard InChI is InChI=1S/C19H28N2O3/c1-23-18-12-15(6-7-17(18)24-16-4-2-3-5-16)19(22)21-11-9-14-8-10-20-13-14/h6-7,12,14,16,20H,2-5,8-11,13H2,1H3,(H,21,22). The van der Waals surface area contributed by atoms with Gasteiger partial charge in [0.2, 0.25) is 0 Å². The van der Waals surface area contributed by atoms with Gasteiger partial charge in [0.1, 0.15) is 0 Å². The predicted molar refractivity (Wildman–Crippen MR) is 93.8 cm³/mol. The fraction of sp³-hybridized carbons (Fsp3) is 0.632. The van der Waals surface area contributed by atoms with Crippen molar-refractivity contribution in [2.45, 2.75) is 44.6 Å². The van der Waals surface area contributed by atoms with Gasteiger partial charge in [-0.3, -0.25) is 4.79 Å². The Bertz CT molecular complexity index is 550. The van der Waals surface area contributed by atoms with E-state index < -0.39 is 0 Å². The number of nitrogens with one attached hydrogen (secondary N) is 2. The third kappa shape index (κ3) is 4.41. The number of benzene rings is 1. The van der Waals surface area contributed by atoms with E-state index in [1.165, 1.54) is 19.3 Å². The van der Waals surface area contributed by atoms with Crippen LogP contribution in [0.4, 0.5) is 0 Å².